The van der Waals surface area contributed by atoms with Gasteiger partial charge >= 0.3 is 0 Å². The van der Waals surface area contributed by atoms with Gasteiger partial charge in [-0.2, -0.15) is 0 Å². The predicted octanol–water partition coefficient (Wildman–Crippen LogP) is 1.47. The zero-order valence-electron chi connectivity index (χ0n) is 7.78. The maximum atomic E-state index is 5.57. The summed E-state index contributed by atoms with van der Waals surface area (Å²) in [4.78, 5) is 0. The van der Waals surface area contributed by atoms with Crippen molar-refractivity contribution in [2.45, 2.75) is 25.8 Å². The van der Waals surface area contributed by atoms with Gasteiger partial charge in [-0.05, 0) is 32.4 Å². The summed E-state index contributed by atoms with van der Waals surface area (Å²) in [7, 11) is 0. The van der Waals surface area contributed by atoms with Crippen LogP contribution in [0.15, 0.2) is 11.1 Å². The van der Waals surface area contributed by atoms with Gasteiger partial charge < -0.3 is 10.6 Å². The molecular formula is C9H17ClN2. The first-order valence-corrected chi connectivity index (χ1v) is 4.81. The second kappa shape index (κ2) is 4.26. The highest BCUT2D eigenvalue weighted by Gasteiger charge is 2.27. The quantitative estimate of drug-likeness (QED) is 0.701. The first-order chi connectivity index (χ1) is 5.66. The SMILES string of the molecule is CC(=CCl)CNC1(C)CCNC1. The van der Waals surface area contributed by atoms with Crippen molar-refractivity contribution in [3.8, 4) is 0 Å². The second-order valence-electron chi connectivity index (χ2n) is 3.80. The van der Waals surface area contributed by atoms with Gasteiger partial charge in [0, 0.05) is 24.2 Å². The fourth-order valence-corrected chi connectivity index (χ4v) is 1.44. The third-order valence-electron chi connectivity index (χ3n) is 2.35. The number of nitrogens with one attached hydrogen (secondary N) is 2. The highest BCUT2D eigenvalue weighted by molar-refractivity contribution is 6.25. The van der Waals surface area contributed by atoms with Gasteiger partial charge in [-0.25, -0.2) is 0 Å². The van der Waals surface area contributed by atoms with Crippen molar-refractivity contribution in [1.82, 2.24) is 10.6 Å². The lowest BCUT2D eigenvalue weighted by atomic mass is 10.0. The Hall–Kier alpha value is -0.0500. The summed E-state index contributed by atoms with van der Waals surface area (Å²) in [5, 5.41) is 6.83. The standard InChI is InChI=1S/C9H17ClN2/c1-8(5-10)6-12-9(2)3-4-11-7-9/h5,11-12H,3-4,6-7H2,1-2H3. The number of hydrogen-bond acceptors (Lipinski definition) is 2. The summed E-state index contributed by atoms with van der Waals surface area (Å²) in [5.74, 6) is 0. The fraction of sp³-hybridized carbons (Fsp3) is 0.778. The number of halogens is 1. The summed E-state index contributed by atoms with van der Waals surface area (Å²) in [6.45, 7) is 7.34. The van der Waals surface area contributed by atoms with Crippen LogP contribution in [0.5, 0.6) is 0 Å². The highest BCUT2D eigenvalue weighted by atomic mass is 35.5. The molecule has 0 amide bonds. The molecule has 2 nitrogen and oxygen atoms in total. The van der Waals surface area contributed by atoms with Crippen LogP contribution in [0.1, 0.15) is 20.3 Å². The molecule has 1 fully saturated rings. The molecule has 12 heavy (non-hydrogen) atoms. The lowest BCUT2D eigenvalue weighted by molar-refractivity contribution is 0.403. The molecule has 1 aliphatic heterocycles. The molecule has 70 valence electrons. The molecule has 1 atom stereocenters. The second-order valence-corrected chi connectivity index (χ2v) is 4.01. The highest BCUT2D eigenvalue weighted by Crippen LogP contribution is 2.13. The largest absolute Gasteiger partial charge is 0.315 e. The number of rotatable bonds is 3. The van der Waals surface area contributed by atoms with Gasteiger partial charge in [0.1, 0.15) is 0 Å². The first-order valence-electron chi connectivity index (χ1n) is 4.38. The zero-order chi connectivity index (χ0) is 9.03. The molecule has 0 aromatic carbocycles. The van der Waals surface area contributed by atoms with Crippen molar-refractivity contribution in [3.05, 3.63) is 11.1 Å². The van der Waals surface area contributed by atoms with Crippen molar-refractivity contribution >= 4 is 11.6 Å². The summed E-state index contributed by atoms with van der Waals surface area (Å²) in [6, 6.07) is 0. The smallest absolute Gasteiger partial charge is 0.0292 e. The van der Waals surface area contributed by atoms with Crippen LogP contribution >= 0.6 is 11.6 Å². The van der Waals surface area contributed by atoms with E-state index < -0.39 is 0 Å². The fourth-order valence-electron chi connectivity index (χ4n) is 1.36. The third-order valence-corrected chi connectivity index (χ3v) is 2.72. The van der Waals surface area contributed by atoms with E-state index in [1.807, 2.05) is 6.92 Å². The maximum Gasteiger partial charge on any atom is 0.0292 e. The third kappa shape index (κ3) is 2.77. The van der Waals surface area contributed by atoms with Gasteiger partial charge in [-0.15, -0.1) is 0 Å². The van der Waals surface area contributed by atoms with E-state index in [0.717, 1.165) is 19.6 Å². The Morgan fingerprint density at radius 2 is 2.50 bits per heavy atom. The minimum atomic E-state index is 0.265. The maximum absolute atomic E-state index is 5.57. The van der Waals surface area contributed by atoms with E-state index in [9.17, 15) is 0 Å². The summed E-state index contributed by atoms with van der Waals surface area (Å²) < 4.78 is 0. The Morgan fingerprint density at radius 3 is 3.00 bits per heavy atom. The Balaban J connectivity index is 2.30. The van der Waals surface area contributed by atoms with E-state index in [1.54, 1.807) is 5.54 Å². The molecule has 0 aromatic rings. The van der Waals surface area contributed by atoms with Crippen LogP contribution in [-0.2, 0) is 0 Å². The van der Waals surface area contributed by atoms with Crippen LogP contribution in [-0.4, -0.2) is 25.2 Å². The van der Waals surface area contributed by atoms with Crippen molar-refractivity contribution in [1.29, 1.82) is 0 Å². The zero-order valence-corrected chi connectivity index (χ0v) is 8.54. The first kappa shape index (κ1) is 10.0. The average molecular weight is 189 g/mol. The van der Waals surface area contributed by atoms with Crippen molar-refractivity contribution in [2.75, 3.05) is 19.6 Å². The molecule has 1 aliphatic rings. The van der Waals surface area contributed by atoms with E-state index in [1.165, 1.54) is 12.0 Å². The molecule has 3 heteroatoms. The molecule has 1 heterocycles. The van der Waals surface area contributed by atoms with Gasteiger partial charge in [0.25, 0.3) is 0 Å². The lowest BCUT2D eigenvalue weighted by Gasteiger charge is -2.24. The van der Waals surface area contributed by atoms with Crippen molar-refractivity contribution in [2.24, 2.45) is 0 Å². The van der Waals surface area contributed by atoms with Crippen LogP contribution < -0.4 is 10.6 Å². The van der Waals surface area contributed by atoms with E-state index in [0.29, 0.717) is 0 Å². The minimum Gasteiger partial charge on any atom is -0.315 e. The van der Waals surface area contributed by atoms with E-state index >= 15 is 0 Å². The van der Waals surface area contributed by atoms with Crippen LogP contribution in [0.4, 0.5) is 0 Å². The Morgan fingerprint density at radius 1 is 1.75 bits per heavy atom. The molecule has 0 aromatic heterocycles. The molecule has 0 saturated carbocycles. The summed E-state index contributed by atoms with van der Waals surface area (Å²) in [6.07, 6.45) is 1.20. The summed E-state index contributed by atoms with van der Waals surface area (Å²) in [5.41, 5.74) is 3.09. The van der Waals surface area contributed by atoms with Crippen LogP contribution in [0.3, 0.4) is 0 Å². The van der Waals surface area contributed by atoms with E-state index in [-0.39, 0.29) is 5.54 Å². The van der Waals surface area contributed by atoms with Gasteiger partial charge in [0.2, 0.25) is 0 Å². The van der Waals surface area contributed by atoms with Crippen LogP contribution in [0.2, 0.25) is 0 Å². The van der Waals surface area contributed by atoms with Gasteiger partial charge in [0.15, 0.2) is 0 Å². The average Bonchev–Trinajstić information content (AvgIpc) is 2.49. The molecule has 0 radical (unpaired) electrons. The van der Waals surface area contributed by atoms with E-state index in [2.05, 4.69) is 17.6 Å². The monoisotopic (exact) mass is 188 g/mol. The lowest BCUT2D eigenvalue weighted by Crippen LogP contribution is -2.44. The Labute approximate surface area is 79.4 Å². The molecule has 1 unspecified atom stereocenters. The topological polar surface area (TPSA) is 24.1 Å². The summed E-state index contributed by atoms with van der Waals surface area (Å²) >= 11 is 5.57. The Kier molecular flexibility index (Phi) is 3.56. The number of hydrogen-bond donors (Lipinski definition) is 2. The van der Waals surface area contributed by atoms with Crippen molar-refractivity contribution < 1.29 is 0 Å². The normalized spacial score (nSPS) is 31.1. The molecular weight excluding hydrogens is 172 g/mol. The molecule has 0 bridgehead atoms. The molecule has 1 rings (SSSR count). The molecule has 1 saturated heterocycles. The van der Waals surface area contributed by atoms with Crippen LogP contribution in [0, 0.1) is 0 Å². The van der Waals surface area contributed by atoms with Gasteiger partial charge in [0.05, 0.1) is 0 Å². The minimum absolute atomic E-state index is 0.265. The van der Waals surface area contributed by atoms with Crippen molar-refractivity contribution in [3.63, 3.8) is 0 Å². The van der Waals surface area contributed by atoms with E-state index in [4.69, 9.17) is 11.6 Å². The van der Waals surface area contributed by atoms with Gasteiger partial charge in [-0.3, -0.25) is 0 Å². The molecule has 2 N–H and O–H groups in total. The molecule has 0 spiro atoms. The van der Waals surface area contributed by atoms with Gasteiger partial charge in [-0.1, -0.05) is 11.6 Å². The molecule has 0 aliphatic carbocycles. The van der Waals surface area contributed by atoms with Crippen LogP contribution in [0.25, 0.3) is 0 Å². The Bertz CT molecular complexity index is 171. The predicted molar refractivity (Wildman–Crippen MR) is 53.5 cm³/mol.